The van der Waals surface area contributed by atoms with Crippen LogP contribution < -0.4 is 10.1 Å². The zero-order chi connectivity index (χ0) is 16.1. The molecule has 1 aliphatic rings. The highest BCUT2D eigenvalue weighted by atomic mass is 16.6. The van der Waals surface area contributed by atoms with Gasteiger partial charge in [-0.1, -0.05) is 25.1 Å². The zero-order valence-corrected chi connectivity index (χ0v) is 13.3. The van der Waals surface area contributed by atoms with Crippen LogP contribution in [0.1, 0.15) is 25.5 Å². The molecule has 3 rings (SSSR count). The molecule has 0 saturated carbocycles. The van der Waals surface area contributed by atoms with E-state index < -0.39 is 0 Å². The van der Waals surface area contributed by atoms with E-state index in [9.17, 15) is 4.79 Å². The topological polar surface area (TPSA) is 54.7 Å². The first-order valence-corrected chi connectivity index (χ1v) is 8.07. The van der Waals surface area contributed by atoms with Gasteiger partial charge >= 0.3 is 0 Å². The Kier molecular flexibility index (Phi) is 4.98. The third-order valence-corrected chi connectivity index (χ3v) is 4.01. The highest BCUT2D eigenvalue weighted by molar-refractivity contribution is 5.76. The molecule has 1 aromatic carbocycles. The average Bonchev–Trinajstić information content (AvgIpc) is 3.22. The fourth-order valence-electron chi connectivity index (χ4n) is 2.73. The van der Waals surface area contributed by atoms with Crippen molar-refractivity contribution in [3.8, 4) is 11.7 Å². The Bertz CT molecular complexity index is 639. The number of hydrogen-bond acceptors (Lipinski definition) is 4. The van der Waals surface area contributed by atoms with E-state index in [4.69, 9.17) is 9.15 Å². The second-order valence-electron chi connectivity index (χ2n) is 5.70. The number of para-hydroxylation sites is 1. The highest BCUT2D eigenvalue weighted by Crippen LogP contribution is 2.23. The predicted octanol–water partition coefficient (Wildman–Crippen LogP) is 3.17. The van der Waals surface area contributed by atoms with Gasteiger partial charge in [0.05, 0.1) is 6.54 Å². The van der Waals surface area contributed by atoms with Crippen LogP contribution in [0.4, 0.5) is 0 Å². The van der Waals surface area contributed by atoms with Crippen molar-refractivity contribution >= 4 is 5.91 Å². The molecule has 1 N–H and O–H groups in total. The number of carbonyl (C=O) groups is 1. The number of furan rings is 1. The Morgan fingerprint density at radius 1 is 1.30 bits per heavy atom. The summed E-state index contributed by atoms with van der Waals surface area (Å²) in [6.07, 6.45) is 1.56. The van der Waals surface area contributed by atoms with Crippen molar-refractivity contribution in [3.05, 3.63) is 48.2 Å². The minimum atomic E-state index is 0.228. The van der Waals surface area contributed by atoms with Crippen LogP contribution in [-0.2, 0) is 11.3 Å². The van der Waals surface area contributed by atoms with Gasteiger partial charge in [-0.15, -0.1) is 0 Å². The molecule has 23 heavy (non-hydrogen) atoms. The van der Waals surface area contributed by atoms with E-state index in [-0.39, 0.29) is 5.91 Å². The van der Waals surface area contributed by atoms with Crippen molar-refractivity contribution in [3.63, 3.8) is 0 Å². The lowest BCUT2D eigenvalue weighted by Crippen LogP contribution is -2.34. The number of amides is 1. The van der Waals surface area contributed by atoms with E-state index in [1.54, 1.807) is 0 Å². The first-order valence-electron chi connectivity index (χ1n) is 8.07. The molecule has 1 aliphatic heterocycles. The summed E-state index contributed by atoms with van der Waals surface area (Å²) in [6.45, 7) is 4.16. The lowest BCUT2D eigenvalue weighted by atomic mass is 10.2. The van der Waals surface area contributed by atoms with Gasteiger partial charge in [0.1, 0.15) is 11.5 Å². The Hall–Kier alpha value is -2.27. The van der Waals surface area contributed by atoms with Crippen molar-refractivity contribution < 1.29 is 13.9 Å². The maximum absolute atomic E-state index is 11.7. The molecule has 0 bridgehead atoms. The molecule has 1 saturated heterocycles. The van der Waals surface area contributed by atoms with Crippen molar-refractivity contribution in [1.29, 1.82) is 0 Å². The van der Waals surface area contributed by atoms with Crippen molar-refractivity contribution in [2.24, 2.45) is 0 Å². The fourth-order valence-corrected chi connectivity index (χ4v) is 2.73. The second kappa shape index (κ2) is 7.33. The van der Waals surface area contributed by atoms with Gasteiger partial charge in [0.15, 0.2) is 0 Å². The maximum Gasteiger partial charge on any atom is 0.290 e. The van der Waals surface area contributed by atoms with E-state index in [1.165, 1.54) is 0 Å². The third kappa shape index (κ3) is 4.13. The number of ether oxygens (including phenoxy) is 1. The molecule has 0 radical (unpaired) electrons. The molecule has 2 aromatic rings. The maximum atomic E-state index is 11.7. The lowest BCUT2D eigenvalue weighted by molar-refractivity contribution is -0.129. The van der Waals surface area contributed by atoms with E-state index in [0.717, 1.165) is 31.0 Å². The van der Waals surface area contributed by atoms with Crippen LogP contribution >= 0.6 is 0 Å². The molecule has 0 spiro atoms. The summed E-state index contributed by atoms with van der Waals surface area (Å²) in [6, 6.07) is 13.6. The van der Waals surface area contributed by atoms with Gasteiger partial charge in [-0.05, 0) is 24.6 Å². The molecule has 0 unspecified atom stereocenters. The number of nitrogens with zero attached hydrogens (tertiary/aromatic N) is 1. The summed E-state index contributed by atoms with van der Waals surface area (Å²) in [5.74, 6) is 2.30. The molecular formula is C18H22N2O3. The number of likely N-dealkylation sites (tertiary alicyclic amines) is 1. The smallest absolute Gasteiger partial charge is 0.290 e. The van der Waals surface area contributed by atoms with Crippen LogP contribution in [0.25, 0.3) is 0 Å². The van der Waals surface area contributed by atoms with Gasteiger partial charge in [-0.2, -0.15) is 0 Å². The van der Waals surface area contributed by atoms with Crippen LogP contribution in [0.5, 0.6) is 11.7 Å². The summed E-state index contributed by atoms with van der Waals surface area (Å²) in [5.41, 5.74) is 0. The van der Waals surface area contributed by atoms with Crippen LogP contribution in [0, 0.1) is 0 Å². The molecular weight excluding hydrogens is 292 g/mol. The van der Waals surface area contributed by atoms with Gasteiger partial charge in [0, 0.05) is 31.6 Å². The first-order chi connectivity index (χ1) is 11.2. The number of nitrogens with one attached hydrogen (secondary N) is 1. The van der Waals surface area contributed by atoms with Gasteiger partial charge in [0.2, 0.25) is 5.91 Å². The van der Waals surface area contributed by atoms with Crippen LogP contribution in [0.15, 0.2) is 46.9 Å². The Labute approximate surface area is 136 Å². The molecule has 2 heterocycles. The third-order valence-electron chi connectivity index (χ3n) is 4.01. The van der Waals surface area contributed by atoms with Crippen LogP contribution in [0.3, 0.4) is 0 Å². The standard InChI is InChI=1S/C18H22N2O3/c1-2-17(21)20-11-10-14(13-20)19-12-16-8-9-18(23-16)22-15-6-4-3-5-7-15/h3-9,14,19H,2,10-13H2,1H3/t14-/m0/s1. The minimum absolute atomic E-state index is 0.228. The van der Waals surface area contributed by atoms with Crippen LogP contribution in [0.2, 0.25) is 0 Å². The molecule has 1 aromatic heterocycles. The van der Waals surface area contributed by atoms with E-state index in [0.29, 0.717) is 25.0 Å². The zero-order valence-electron chi connectivity index (χ0n) is 13.3. The summed E-state index contributed by atoms with van der Waals surface area (Å²) in [7, 11) is 0. The number of hydrogen-bond donors (Lipinski definition) is 1. The largest absolute Gasteiger partial charge is 0.429 e. The molecule has 5 nitrogen and oxygen atoms in total. The number of benzene rings is 1. The summed E-state index contributed by atoms with van der Waals surface area (Å²) >= 11 is 0. The van der Waals surface area contributed by atoms with Crippen molar-refractivity contribution in [2.75, 3.05) is 13.1 Å². The number of rotatable bonds is 6. The Balaban J connectivity index is 1.47. The fraction of sp³-hybridized carbons (Fsp3) is 0.389. The molecule has 0 aliphatic carbocycles. The quantitative estimate of drug-likeness (QED) is 0.890. The van der Waals surface area contributed by atoms with E-state index in [2.05, 4.69) is 5.32 Å². The minimum Gasteiger partial charge on any atom is -0.429 e. The van der Waals surface area contributed by atoms with Crippen LogP contribution in [-0.4, -0.2) is 29.9 Å². The number of carbonyl (C=O) groups excluding carboxylic acids is 1. The van der Waals surface area contributed by atoms with E-state index >= 15 is 0 Å². The summed E-state index contributed by atoms with van der Waals surface area (Å²) in [5, 5.41) is 3.44. The Morgan fingerprint density at radius 2 is 2.13 bits per heavy atom. The summed E-state index contributed by atoms with van der Waals surface area (Å²) < 4.78 is 11.3. The molecule has 122 valence electrons. The average molecular weight is 314 g/mol. The monoisotopic (exact) mass is 314 g/mol. The predicted molar refractivity (Wildman–Crippen MR) is 87.3 cm³/mol. The Morgan fingerprint density at radius 3 is 2.91 bits per heavy atom. The molecule has 1 amide bonds. The first kappa shape index (κ1) is 15.6. The van der Waals surface area contributed by atoms with Gasteiger partial charge < -0.3 is 19.4 Å². The second-order valence-corrected chi connectivity index (χ2v) is 5.70. The molecule has 1 atom stereocenters. The van der Waals surface area contributed by atoms with Gasteiger partial charge in [-0.3, -0.25) is 4.79 Å². The normalized spacial score (nSPS) is 17.4. The lowest BCUT2D eigenvalue weighted by Gasteiger charge is -2.15. The van der Waals surface area contributed by atoms with Gasteiger partial charge in [0.25, 0.3) is 5.95 Å². The highest BCUT2D eigenvalue weighted by Gasteiger charge is 2.24. The summed E-state index contributed by atoms with van der Waals surface area (Å²) in [4.78, 5) is 13.6. The molecule has 5 heteroatoms. The van der Waals surface area contributed by atoms with E-state index in [1.807, 2.05) is 54.3 Å². The van der Waals surface area contributed by atoms with Crippen molar-refractivity contribution in [2.45, 2.75) is 32.4 Å². The molecule has 1 fully saturated rings. The SMILES string of the molecule is CCC(=O)N1CC[C@H](NCc2ccc(Oc3ccccc3)o2)C1. The van der Waals surface area contributed by atoms with Crippen molar-refractivity contribution in [1.82, 2.24) is 10.2 Å². The van der Waals surface area contributed by atoms with Gasteiger partial charge in [-0.25, -0.2) is 0 Å².